The molecule has 0 aliphatic rings. The fourth-order valence-corrected chi connectivity index (χ4v) is 2.89. The number of benzene rings is 2. The zero-order valence-electron chi connectivity index (χ0n) is 10.3. The van der Waals surface area contributed by atoms with Crippen LogP contribution in [0.3, 0.4) is 0 Å². The van der Waals surface area contributed by atoms with Gasteiger partial charge in [0.15, 0.2) is 0 Å². The van der Waals surface area contributed by atoms with E-state index in [1.807, 2.05) is 12.1 Å². The summed E-state index contributed by atoms with van der Waals surface area (Å²) in [6, 6.07) is 14.4. The Kier molecular flexibility index (Phi) is 4.56. The second-order valence-corrected chi connectivity index (χ2v) is 5.57. The number of nitrogens with two attached hydrogens (primary N) is 1. The Bertz CT molecular complexity index is 523. The van der Waals surface area contributed by atoms with Crippen molar-refractivity contribution in [2.24, 2.45) is 0 Å². The minimum Gasteiger partial charge on any atom is -0.399 e. The summed E-state index contributed by atoms with van der Waals surface area (Å²) >= 11 is 7.88. The summed E-state index contributed by atoms with van der Waals surface area (Å²) < 4.78 is 0. The first-order valence-corrected chi connectivity index (χ1v) is 7.31. The highest BCUT2D eigenvalue weighted by Gasteiger charge is 2.02. The van der Waals surface area contributed by atoms with E-state index in [0.29, 0.717) is 5.69 Å². The smallest absolute Gasteiger partial charge is 0.0562 e. The first-order valence-electron chi connectivity index (χ1n) is 5.94. The summed E-state index contributed by atoms with van der Waals surface area (Å²) in [4.78, 5) is 1.07. The minimum absolute atomic E-state index is 0.705. The fourth-order valence-electron chi connectivity index (χ4n) is 1.67. The molecule has 0 aliphatic heterocycles. The molecule has 0 fully saturated rings. The summed E-state index contributed by atoms with van der Waals surface area (Å²) in [6.07, 6.45) is 1.08. The number of aryl methyl sites for hydroxylation is 1. The van der Waals surface area contributed by atoms with Crippen LogP contribution in [0.5, 0.6) is 0 Å². The van der Waals surface area contributed by atoms with Gasteiger partial charge in [-0.2, -0.15) is 0 Å². The zero-order chi connectivity index (χ0) is 13.0. The number of anilines is 1. The number of hydrogen-bond acceptors (Lipinski definition) is 2. The lowest BCUT2D eigenvalue weighted by molar-refractivity contribution is 1.13. The van der Waals surface area contributed by atoms with Gasteiger partial charge in [-0.05, 0) is 35.7 Å². The maximum atomic E-state index is 6.14. The van der Waals surface area contributed by atoms with Crippen LogP contribution in [0.15, 0.2) is 47.4 Å². The van der Waals surface area contributed by atoms with Crippen molar-refractivity contribution in [3.8, 4) is 0 Å². The van der Waals surface area contributed by atoms with E-state index >= 15 is 0 Å². The first-order chi connectivity index (χ1) is 8.69. The van der Waals surface area contributed by atoms with Gasteiger partial charge in [0, 0.05) is 16.3 Å². The fraction of sp³-hybridized carbons (Fsp3) is 0.200. The summed E-state index contributed by atoms with van der Waals surface area (Å²) in [5, 5.41) is 0.727. The Morgan fingerprint density at radius 2 is 1.72 bits per heavy atom. The maximum Gasteiger partial charge on any atom is 0.0562 e. The molecule has 0 aliphatic carbocycles. The quantitative estimate of drug-likeness (QED) is 0.643. The van der Waals surface area contributed by atoms with Crippen molar-refractivity contribution >= 4 is 29.1 Å². The molecule has 0 saturated heterocycles. The first kappa shape index (κ1) is 13.3. The highest BCUT2D eigenvalue weighted by atomic mass is 35.5. The Morgan fingerprint density at radius 3 is 2.33 bits per heavy atom. The van der Waals surface area contributed by atoms with Crippen molar-refractivity contribution in [3.63, 3.8) is 0 Å². The topological polar surface area (TPSA) is 26.0 Å². The molecule has 0 bridgehead atoms. The molecule has 3 heteroatoms. The maximum absolute atomic E-state index is 6.14. The molecular formula is C15H16ClNS. The van der Waals surface area contributed by atoms with E-state index in [9.17, 15) is 0 Å². The van der Waals surface area contributed by atoms with Crippen molar-refractivity contribution in [2.45, 2.75) is 24.0 Å². The lowest BCUT2D eigenvalue weighted by Gasteiger charge is -2.06. The number of halogens is 1. The Hall–Kier alpha value is -1.12. The molecule has 0 saturated carbocycles. The van der Waals surface area contributed by atoms with Crippen LogP contribution in [-0.2, 0) is 12.2 Å². The van der Waals surface area contributed by atoms with Gasteiger partial charge in [0.05, 0.1) is 5.02 Å². The molecule has 2 rings (SSSR count). The van der Waals surface area contributed by atoms with Gasteiger partial charge < -0.3 is 5.73 Å². The van der Waals surface area contributed by atoms with Crippen LogP contribution in [0.2, 0.25) is 5.02 Å². The Morgan fingerprint density at radius 1 is 1.06 bits per heavy atom. The average molecular weight is 278 g/mol. The van der Waals surface area contributed by atoms with Crippen molar-refractivity contribution in [3.05, 3.63) is 58.6 Å². The molecule has 0 aromatic heterocycles. The number of nitrogen functional groups attached to an aromatic ring is 1. The van der Waals surface area contributed by atoms with Crippen molar-refractivity contribution in [2.75, 3.05) is 5.73 Å². The molecular weight excluding hydrogens is 262 g/mol. The van der Waals surface area contributed by atoms with Crippen molar-refractivity contribution in [1.29, 1.82) is 0 Å². The molecule has 0 amide bonds. The monoisotopic (exact) mass is 277 g/mol. The highest BCUT2D eigenvalue weighted by molar-refractivity contribution is 7.98. The molecule has 94 valence electrons. The third-order valence-corrected chi connectivity index (χ3v) is 4.35. The summed E-state index contributed by atoms with van der Waals surface area (Å²) in [7, 11) is 0. The van der Waals surface area contributed by atoms with Gasteiger partial charge in [-0.25, -0.2) is 0 Å². The molecule has 2 aromatic carbocycles. The van der Waals surface area contributed by atoms with E-state index in [4.69, 9.17) is 17.3 Å². The molecule has 1 nitrogen and oxygen atoms in total. The summed E-state index contributed by atoms with van der Waals surface area (Å²) in [6.45, 7) is 2.16. The van der Waals surface area contributed by atoms with E-state index in [2.05, 4.69) is 31.2 Å². The molecule has 0 spiro atoms. The number of hydrogen-bond donors (Lipinski definition) is 1. The normalized spacial score (nSPS) is 10.6. The second kappa shape index (κ2) is 6.17. The predicted octanol–water partition coefficient (Wildman–Crippen LogP) is 4.78. The van der Waals surface area contributed by atoms with Crippen LogP contribution in [0.1, 0.15) is 18.1 Å². The van der Waals surface area contributed by atoms with E-state index in [0.717, 1.165) is 22.1 Å². The van der Waals surface area contributed by atoms with Crippen LogP contribution in [0.4, 0.5) is 5.69 Å². The zero-order valence-corrected chi connectivity index (χ0v) is 11.9. The van der Waals surface area contributed by atoms with Gasteiger partial charge in [-0.3, -0.25) is 0 Å². The molecule has 2 N–H and O–H groups in total. The summed E-state index contributed by atoms with van der Waals surface area (Å²) in [5.41, 5.74) is 9.06. The van der Waals surface area contributed by atoms with Gasteiger partial charge in [0.1, 0.15) is 0 Å². The molecule has 18 heavy (non-hydrogen) atoms. The van der Waals surface area contributed by atoms with Crippen LogP contribution in [0, 0.1) is 0 Å². The van der Waals surface area contributed by atoms with E-state index in [1.54, 1.807) is 17.8 Å². The molecule has 0 heterocycles. The van der Waals surface area contributed by atoms with Gasteiger partial charge in [-0.15, -0.1) is 11.8 Å². The Labute approximate surface area is 117 Å². The third kappa shape index (κ3) is 3.44. The van der Waals surface area contributed by atoms with Gasteiger partial charge in [0.2, 0.25) is 0 Å². The molecule has 0 radical (unpaired) electrons. The van der Waals surface area contributed by atoms with Gasteiger partial charge in [-0.1, -0.05) is 42.8 Å². The number of thioether (sulfide) groups is 1. The number of rotatable bonds is 4. The second-order valence-electron chi connectivity index (χ2n) is 4.15. The largest absolute Gasteiger partial charge is 0.399 e. The lowest BCUT2D eigenvalue weighted by Crippen LogP contribution is -1.86. The molecule has 0 atom stereocenters. The Balaban J connectivity index is 2.02. The van der Waals surface area contributed by atoms with Gasteiger partial charge in [0.25, 0.3) is 0 Å². The standard InChI is InChI=1S/C15H16ClNS/c1-2-11-3-5-12(6-4-11)10-18-15-8-7-13(17)9-14(15)16/h3-9H,2,10,17H2,1H3. The SMILES string of the molecule is CCc1ccc(CSc2ccc(N)cc2Cl)cc1. The van der Waals surface area contributed by atoms with Crippen LogP contribution in [0.25, 0.3) is 0 Å². The molecule has 0 unspecified atom stereocenters. The average Bonchev–Trinajstić information content (AvgIpc) is 2.38. The molecule has 2 aromatic rings. The van der Waals surface area contributed by atoms with Crippen LogP contribution < -0.4 is 5.73 Å². The van der Waals surface area contributed by atoms with Crippen molar-refractivity contribution < 1.29 is 0 Å². The van der Waals surface area contributed by atoms with E-state index in [1.165, 1.54) is 11.1 Å². The van der Waals surface area contributed by atoms with E-state index in [-0.39, 0.29) is 0 Å². The van der Waals surface area contributed by atoms with Crippen LogP contribution >= 0.6 is 23.4 Å². The van der Waals surface area contributed by atoms with Crippen molar-refractivity contribution in [1.82, 2.24) is 0 Å². The predicted molar refractivity (Wildman–Crippen MR) is 81.2 cm³/mol. The van der Waals surface area contributed by atoms with E-state index < -0.39 is 0 Å². The minimum atomic E-state index is 0.705. The van der Waals surface area contributed by atoms with Crippen LogP contribution in [-0.4, -0.2) is 0 Å². The van der Waals surface area contributed by atoms with Gasteiger partial charge >= 0.3 is 0 Å². The highest BCUT2D eigenvalue weighted by Crippen LogP contribution is 2.31. The third-order valence-electron chi connectivity index (χ3n) is 2.78. The summed E-state index contributed by atoms with van der Waals surface area (Å²) in [5.74, 6) is 0.924. The lowest BCUT2D eigenvalue weighted by atomic mass is 10.1.